The Labute approximate surface area is 121 Å². The van der Waals surface area contributed by atoms with Crippen LogP contribution in [-0.2, 0) is 4.74 Å². The first kappa shape index (κ1) is 13.7. The first-order chi connectivity index (χ1) is 9.61. The van der Waals surface area contributed by atoms with Crippen molar-refractivity contribution in [2.24, 2.45) is 23.7 Å². The van der Waals surface area contributed by atoms with Gasteiger partial charge in [-0.15, -0.1) is 0 Å². The molecule has 1 aliphatic heterocycles. The van der Waals surface area contributed by atoms with Crippen LogP contribution in [-0.4, -0.2) is 13.7 Å². The van der Waals surface area contributed by atoms with E-state index in [4.69, 9.17) is 9.47 Å². The van der Waals surface area contributed by atoms with Gasteiger partial charge >= 0.3 is 0 Å². The van der Waals surface area contributed by atoms with Crippen LogP contribution in [0.25, 0.3) is 0 Å². The van der Waals surface area contributed by atoms with Crippen molar-refractivity contribution in [1.82, 2.24) is 0 Å². The summed E-state index contributed by atoms with van der Waals surface area (Å²) in [4.78, 5) is 0. The normalized spacial score (nSPS) is 36.4. The van der Waals surface area contributed by atoms with Gasteiger partial charge < -0.3 is 9.47 Å². The summed E-state index contributed by atoms with van der Waals surface area (Å²) in [6, 6.07) is 8.34. The van der Waals surface area contributed by atoms with Crippen LogP contribution in [0.1, 0.15) is 32.4 Å². The van der Waals surface area contributed by atoms with Gasteiger partial charge in [0.05, 0.1) is 19.8 Å². The summed E-state index contributed by atoms with van der Waals surface area (Å²) < 4.78 is 11.5. The molecular formula is C18H24O2. The third-order valence-electron chi connectivity index (χ3n) is 5.21. The van der Waals surface area contributed by atoms with Gasteiger partial charge in [-0.2, -0.15) is 0 Å². The molecule has 0 spiro atoms. The molecule has 1 heterocycles. The zero-order valence-corrected chi connectivity index (χ0v) is 12.8. The van der Waals surface area contributed by atoms with Crippen LogP contribution < -0.4 is 4.74 Å². The first-order valence-electron chi connectivity index (χ1n) is 7.55. The van der Waals surface area contributed by atoms with Crippen molar-refractivity contribution in [3.63, 3.8) is 0 Å². The lowest BCUT2D eigenvalue weighted by atomic mass is 9.64. The molecule has 2 aliphatic rings. The highest BCUT2D eigenvalue weighted by molar-refractivity contribution is 5.31. The number of ether oxygens (including phenoxy) is 2. The van der Waals surface area contributed by atoms with E-state index in [1.165, 1.54) is 11.1 Å². The molecule has 0 unspecified atom stereocenters. The predicted molar refractivity (Wildman–Crippen MR) is 80.8 cm³/mol. The van der Waals surface area contributed by atoms with E-state index in [1.54, 1.807) is 7.11 Å². The highest BCUT2D eigenvalue weighted by Crippen LogP contribution is 2.49. The standard InChI is InChI=1S/C18H24O2/c1-11-9-12(2)17-13(3)16(11)10-20-18(17)14-5-7-15(19-4)8-6-14/h5-9,11,13,16-18H,10H2,1-4H3/t11-,13-,16+,17-,18+/m1/s1. The molecule has 2 bridgehead atoms. The summed E-state index contributed by atoms with van der Waals surface area (Å²) >= 11 is 0. The van der Waals surface area contributed by atoms with E-state index in [-0.39, 0.29) is 6.10 Å². The minimum absolute atomic E-state index is 0.191. The maximum absolute atomic E-state index is 6.23. The van der Waals surface area contributed by atoms with E-state index < -0.39 is 0 Å². The second kappa shape index (κ2) is 5.25. The molecule has 1 aromatic carbocycles. The van der Waals surface area contributed by atoms with Gasteiger partial charge in [-0.1, -0.05) is 37.6 Å². The summed E-state index contributed by atoms with van der Waals surface area (Å²) in [5.41, 5.74) is 2.75. The van der Waals surface area contributed by atoms with Gasteiger partial charge in [-0.3, -0.25) is 0 Å². The average molecular weight is 272 g/mol. The van der Waals surface area contributed by atoms with Crippen molar-refractivity contribution < 1.29 is 9.47 Å². The van der Waals surface area contributed by atoms with E-state index in [0.29, 0.717) is 23.7 Å². The fourth-order valence-electron chi connectivity index (χ4n) is 4.04. The van der Waals surface area contributed by atoms with E-state index in [2.05, 4.69) is 39.0 Å². The Morgan fingerprint density at radius 1 is 1.15 bits per heavy atom. The van der Waals surface area contributed by atoms with E-state index in [9.17, 15) is 0 Å². The largest absolute Gasteiger partial charge is 0.497 e. The van der Waals surface area contributed by atoms with Crippen molar-refractivity contribution >= 4 is 0 Å². The smallest absolute Gasteiger partial charge is 0.118 e. The van der Waals surface area contributed by atoms with E-state index in [0.717, 1.165) is 12.4 Å². The van der Waals surface area contributed by atoms with E-state index >= 15 is 0 Å². The predicted octanol–water partition coefficient (Wildman–Crippen LogP) is 4.23. The Balaban J connectivity index is 1.92. The molecule has 0 amide bonds. The molecule has 0 radical (unpaired) electrons. The van der Waals surface area contributed by atoms with Crippen LogP contribution in [0.5, 0.6) is 5.75 Å². The van der Waals surface area contributed by atoms with Gasteiger partial charge in [-0.05, 0) is 42.4 Å². The summed E-state index contributed by atoms with van der Waals surface area (Å²) in [6.07, 6.45) is 2.64. The molecule has 2 heteroatoms. The molecule has 0 aromatic heterocycles. The molecule has 2 nitrogen and oxygen atoms in total. The van der Waals surface area contributed by atoms with Gasteiger partial charge in [0, 0.05) is 5.92 Å². The second-order valence-corrected chi connectivity index (χ2v) is 6.35. The third-order valence-corrected chi connectivity index (χ3v) is 5.21. The monoisotopic (exact) mass is 272 g/mol. The van der Waals surface area contributed by atoms with Crippen LogP contribution in [0.15, 0.2) is 35.9 Å². The van der Waals surface area contributed by atoms with E-state index in [1.807, 2.05) is 12.1 Å². The van der Waals surface area contributed by atoms with Crippen molar-refractivity contribution in [3.05, 3.63) is 41.5 Å². The Bertz CT molecular complexity index is 503. The maximum atomic E-state index is 6.23. The Morgan fingerprint density at radius 2 is 1.85 bits per heavy atom. The van der Waals surface area contributed by atoms with Crippen LogP contribution in [0.2, 0.25) is 0 Å². The van der Waals surface area contributed by atoms with Gasteiger partial charge in [0.25, 0.3) is 0 Å². The molecule has 20 heavy (non-hydrogen) atoms. The topological polar surface area (TPSA) is 18.5 Å². The molecule has 3 rings (SSSR count). The molecule has 1 saturated heterocycles. The minimum Gasteiger partial charge on any atom is -0.497 e. The second-order valence-electron chi connectivity index (χ2n) is 6.35. The molecular weight excluding hydrogens is 248 g/mol. The Morgan fingerprint density at radius 3 is 2.50 bits per heavy atom. The molecule has 1 aliphatic carbocycles. The quantitative estimate of drug-likeness (QED) is 0.750. The lowest BCUT2D eigenvalue weighted by molar-refractivity contribution is -0.0934. The van der Waals surface area contributed by atoms with Crippen LogP contribution in [0, 0.1) is 23.7 Å². The highest BCUT2D eigenvalue weighted by Gasteiger charge is 2.43. The van der Waals surface area contributed by atoms with Crippen molar-refractivity contribution in [1.29, 1.82) is 0 Å². The number of allylic oxidation sites excluding steroid dienone is 1. The zero-order valence-electron chi connectivity index (χ0n) is 12.8. The summed E-state index contributed by atoms with van der Waals surface area (Å²) in [6.45, 7) is 7.84. The molecule has 1 aromatic rings. The van der Waals surface area contributed by atoms with Gasteiger partial charge in [0.2, 0.25) is 0 Å². The number of hydrogen-bond donors (Lipinski definition) is 0. The molecule has 0 N–H and O–H groups in total. The van der Waals surface area contributed by atoms with Crippen LogP contribution in [0.3, 0.4) is 0 Å². The number of methoxy groups -OCH3 is 1. The maximum Gasteiger partial charge on any atom is 0.118 e. The number of hydrogen-bond acceptors (Lipinski definition) is 2. The SMILES string of the molecule is COc1ccc([C@@H]2OC[C@@H]3[C@@H](C)[C@H]2C(C)=C[C@H]3C)cc1. The molecule has 5 atom stereocenters. The lowest BCUT2D eigenvalue weighted by Gasteiger charge is -2.47. The molecule has 0 saturated carbocycles. The Hall–Kier alpha value is -1.28. The minimum atomic E-state index is 0.191. The summed E-state index contributed by atoms with van der Waals surface area (Å²) in [5, 5.41) is 0. The fraction of sp³-hybridized carbons (Fsp3) is 0.556. The molecule has 1 fully saturated rings. The van der Waals surface area contributed by atoms with Crippen LogP contribution >= 0.6 is 0 Å². The van der Waals surface area contributed by atoms with Gasteiger partial charge in [0.1, 0.15) is 5.75 Å². The Kier molecular flexibility index (Phi) is 3.59. The van der Waals surface area contributed by atoms with Crippen LogP contribution in [0.4, 0.5) is 0 Å². The van der Waals surface area contributed by atoms with Crippen molar-refractivity contribution in [3.8, 4) is 5.75 Å². The molecule has 108 valence electrons. The van der Waals surface area contributed by atoms with Crippen molar-refractivity contribution in [2.75, 3.05) is 13.7 Å². The van der Waals surface area contributed by atoms with Gasteiger partial charge in [0.15, 0.2) is 0 Å². The first-order valence-corrected chi connectivity index (χ1v) is 7.55. The number of benzene rings is 1. The zero-order chi connectivity index (χ0) is 14.3. The number of fused-ring (bicyclic) bond motifs is 2. The van der Waals surface area contributed by atoms with Crippen molar-refractivity contribution in [2.45, 2.75) is 26.9 Å². The lowest BCUT2D eigenvalue weighted by Crippen LogP contribution is -2.42. The highest BCUT2D eigenvalue weighted by atomic mass is 16.5. The average Bonchev–Trinajstić information content (AvgIpc) is 2.45. The summed E-state index contributed by atoms with van der Waals surface area (Å²) in [7, 11) is 1.70. The van der Waals surface area contributed by atoms with Gasteiger partial charge in [-0.25, -0.2) is 0 Å². The fourth-order valence-corrected chi connectivity index (χ4v) is 4.04. The summed E-state index contributed by atoms with van der Waals surface area (Å²) in [5.74, 6) is 3.41. The number of rotatable bonds is 2. The third kappa shape index (κ3) is 2.16.